The zero-order valence-electron chi connectivity index (χ0n) is 11.9. The van der Waals surface area contributed by atoms with Crippen LogP contribution in [0.25, 0.3) is 0 Å². The van der Waals surface area contributed by atoms with Crippen molar-refractivity contribution in [1.82, 2.24) is 4.98 Å². The number of nitrogens with zero attached hydrogens (tertiary/aromatic N) is 1. The largest absolute Gasteiger partial charge is 0.322 e. The quantitative estimate of drug-likeness (QED) is 0.902. The number of nitrogens with two attached hydrogens (primary N) is 1. The number of benzene rings is 1. The van der Waals surface area contributed by atoms with E-state index in [-0.39, 0.29) is 6.04 Å². The fourth-order valence-electron chi connectivity index (χ4n) is 2.17. The van der Waals surface area contributed by atoms with Crippen LogP contribution in [0.15, 0.2) is 42.5 Å². The van der Waals surface area contributed by atoms with Crippen molar-refractivity contribution in [2.45, 2.75) is 39.2 Å². The fraction of sp³-hybridized carbons (Fsp3) is 0.353. The lowest BCUT2D eigenvalue weighted by Gasteiger charge is -2.13. The first-order valence-corrected chi connectivity index (χ1v) is 6.84. The summed E-state index contributed by atoms with van der Waals surface area (Å²) in [6.07, 6.45) is 0.828. The Balaban J connectivity index is 2.08. The highest BCUT2D eigenvalue weighted by atomic mass is 14.8. The first-order chi connectivity index (χ1) is 9.06. The number of rotatable bonds is 4. The molecule has 100 valence electrons. The molecule has 0 saturated heterocycles. The van der Waals surface area contributed by atoms with Gasteiger partial charge in [-0.1, -0.05) is 44.2 Å². The van der Waals surface area contributed by atoms with Gasteiger partial charge in [0, 0.05) is 5.69 Å². The van der Waals surface area contributed by atoms with E-state index in [1.54, 1.807) is 0 Å². The third kappa shape index (κ3) is 3.65. The molecule has 2 nitrogen and oxygen atoms in total. The second kappa shape index (κ2) is 5.98. The van der Waals surface area contributed by atoms with Gasteiger partial charge in [-0.15, -0.1) is 0 Å². The summed E-state index contributed by atoms with van der Waals surface area (Å²) < 4.78 is 0. The highest BCUT2D eigenvalue weighted by Crippen LogP contribution is 2.18. The molecule has 0 radical (unpaired) electrons. The average Bonchev–Trinajstić information content (AvgIpc) is 2.39. The summed E-state index contributed by atoms with van der Waals surface area (Å²) in [7, 11) is 0. The Bertz CT molecular complexity index is 529. The van der Waals surface area contributed by atoms with Crippen molar-refractivity contribution in [3.63, 3.8) is 0 Å². The van der Waals surface area contributed by atoms with Crippen molar-refractivity contribution in [3.05, 3.63) is 65.0 Å². The van der Waals surface area contributed by atoms with Gasteiger partial charge in [0.1, 0.15) is 0 Å². The monoisotopic (exact) mass is 254 g/mol. The molecule has 19 heavy (non-hydrogen) atoms. The maximum Gasteiger partial charge on any atom is 0.0577 e. The smallest absolute Gasteiger partial charge is 0.0577 e. The molecular weight excluding hydrogens is 232 g/mol. The second-order valence-corrected chi connectivity index (χ2v) is 5.41. The minimum absolute atomic E-state index is 0.0372. The summed E-state index contributed by atoms with van der Waals surface area (Å²) in [5.41, 5.74) is 10.8. The molecule has 1 atom stereocenters. The Morgan fingerprint density at radius 2 is 1.74 bits per heavy atom. The molecule has 0 bridgehead atoms. The highest BCUT2D eigenvalue weighted by molar-refractivity contribution is 5.26. The van der Waals surface area contributed by atoms with Crippen LogP contribution >= 0.6 is 0 Å². The Hall–Kier alpha value is -1.67. The van der Waals surface area contributed by atoms with Gasteiger partial charge >= 0.3 is 0 Å². The predicted octanol–water partition coefficient (Wildman–Crippen LogP) is 3.76. The average molecular weight is 254 g/mol. The number of aromatic nitrogens is 1. The number of hydrogen-bond acceptors (Lipinski definition) is 2. The molecule has 0 fully saturated rings. The molecule has 1 aromatic carbocycles. The van der Waals surface area contributed by atoms with Crippen molar-refractivity contribution >= 4 is 0 Å². The molecule has 0 amide bonds. The molecule has 0 aliphatic heterocycles. The van der Waals surface area contributed by atoms with Gasteiger partial charge in [-0.25, -0.2) is 0 Å². The third-order valence-electron chi connectivity index (χ3n) is 3.39. The van der Waals surface area contributed by atoms with Gasteiger partial charge in [0.05, 0.1) is 11.7 Å². The molecule has 2 rings (SSSR count). The minimum Gasteiger partial charge on any atom is -0.322 e. The van der Waals surface area contributed by atoms with E-state index in [2.05, 4.69) is 43.1 Å². The normalized spacial score (nSPS) is 12.7. The SMILES string of the molecule is Cc1cccc(C(N)Cc2ccc(C(C)C)cc2)n1. The Morgan fingerprint density at radius 3 is 2.32 bits per heavy atom. The van der Waals surface area contributed by atoms with Crippen LogP contribution in [0, 0.1) is 6.92 Å². The predicted molar refractivity (Wildman–Crippen MR) is 80.1 cm³/mol. The van der Waals surface area contributed by atoms with Crippen LogP contribution in [-0.2, 0) is 6.42 Å². The summed E-state index contributed by atoms with van der Waals surface area (Å²) in [4.78, 5) is 4.49. The van der Waals surface area contributed by atoms with Crippen molar-refractivity contribution in [2.24, 2.45) is 5.73 Å². The summed E-state index contributed by atoms with van der Waals surface area (Å²) in [6.45, 7) is 6.41. The first kappa shape index (κ1) is 13.8. The molecule has 2 N–H and O–H groups in total. The Kier molecular flexibility index (Phi) is 4.33. The van der Waals surface area contributed by atoms with Crippen LogP contribution in [0.5, 0.6) is 0 Å². The van der Waals surface area contributed by atoms with Gasteiger partial charge in [-0.3, -0.25) is 4.98 Å². The molecule has 2 heteroatoms. The van der Waals surface area contributed by atoms with E-state index >= 15 is 0 Å². The first-order valence-electron chi connectivity index (χ1n) is 6.84. The third-order valence-corrected chi connectivity index (χ3v) is 3.39. The molecule has 0 aliphatic rings. The molecule has 1 heterocycles. The summed E-state index contributed by atoms with van der Waals surface area (Å²) in [5.74, 6) is 0.571. The fourth-order valence-corrected chi connectivity index (χ4v) is 2.17. The van der Waals surface area contributed by atoms with Gasteiger partial charge in [-0.05, 0) is 42.5 Å². The number of hydrogen-bond donors (Lipinski definition) is 1. The summed E-state index contributed by atoms with van der Waals surface area (Å²) in [6, 6.07) is 14.7. The zero-order valence-corrected chi connectivity index (χ0v) is 11.9. The molecular formula is C17H22N2. The number of aryl methyl sites for hydroxylation is 1. The second-order valence-electron chi connectivity index (χ2n) is 5.41. The van der Waals surface area contributed by atoms with Crippen molar-refractivity contribution in [3.8, 4) is 0 Å². The Labute approximate surface area is 115 Å². The zero-order chi connectivity index (χ0) is 13.8. The maximum absolute atomic E-state index is 6.23. The highest BCUT2D eigenvalue weighted by Gasteiger charge is 2.09. The Morgan fingerprint density at radius 1 is 1.05 bits per heavy atom. The van der Waals surface area contributed by atoms with Crippen molar-refractivity contribution < 1.29 is 0 Å². The van der Waals surface area contributed by atoms with Crippen LogP contribution in [-0.4, -0.2) is 4.98 Å². The van der Waals surface area contributed by atoms with Crippen LogP contribution in [0.4, 0.5) is 0 Å². The lowest BCUT2D eigenvalue weighted by Crippen LogP contribution is -2.15. The molecule has 1 aromatic heterocycles. The van der Waals surface area contributed by atoms with Crippen LogP contribution < -0.4 is 5.73 Å². The van der Waals surface area contributed by atoms with E-state index in [0.717, 1.165) is 17.8 Å². The summed E-state index contributed by atoms with van der Waals surface area (Å²) >= 11 is 0. The molecule has 2 aromatic rings. The molecule has 0 aliphatic carbocycles. The topological polar surface area (TPSA) is 38.9 Å². The van der Waals surface area contributed by atoms with Crippen LogP contribution in [0.1, 0.15) is 48.3 Å². The minimum atomic E-state index is -0.0372. The lowest BCUT2D eigenvalue weighted by atomic mass is 9.98. The van der Waals surface area contributed by atoms with E-state index in [0.29, 0.717) is 5.92 Å². The van der Waals surface area contributed by atoms with Crippen LogP contribution in [0.2, 0.25) is 0 Å². The van der Waals surface area contributed by atoms with E-state index < -0.39 is 0 Å². The van der Waals surface area contributed by atoms with Crippen molar-refractivity contribution in [2.75, 3.05) is 0 Å². The van der Waals surface area contributed by atoms with Gasteiger partial charge in [-0.2, -0.15) is 0 Å². The van der Waals surface area contributed by atoms with E-state index in [1.165, 1.54) is 11.1 Å². The van der Waals surface area contributed by atoms with E-state index in [9.17, 15) is 0 Å². The molecule has 0 spiro atoms. The standard InChI is InChI=1S/C17H22N2/c1-12(2)15-9-7-14(8-10-15)11-16(18)17-6-4-5-13(3)19-17/h4-10,12,16H,11,18H2,1-3H3. The molecule has 0 saturated carbocycles. The van der Waals surface area contributed by atoms with Gasteiger partial charge in [0.2, 0.25) is 0 Å². The lowest BCUT2D eigenvalue weighted by molar-refractivity contribution is 0.693. The van der Waals surface area contributed by atoms with Crippen molar-refractivity contribution in [1.29, 1.82) is 0 Å². The summed E-state index contributed by atoms with van der Waals surface area (Å²) in [5, 5.41) is 0. The molecule has 1 unspecified atom stereocenters. The van der Waals surface area contributed by atoms with Gasteiger partial charge < -0.3 is 5.73 Å². The van der Waals surface area contributed by atoms with Crippen LogP contribution in [0.3, 0.4) is 0 Å². The van der Waals surface area contributed by atoms with Gasteiger partial charge in [0.25, 0.3) is 0 Å². The van der Waals surface area contributed by atoms with Gasteiger partial charge in [0.15, 0.2) is 0 Å². The maximum atomic E-state index is 6.23. The number of pyridine rings is 1. The van der Waals surface area contributed by atoms with E-state index in [4.69, 9.17) is 5.73 Å². The van der Waals surface area contributed by atoms with E-state index in [1.807, 2.05) is 25.1 Å².